The van der Waals surface area contributed by atoms with Gasteiger partial charge in [0, 0.05) is 6.54 Å². The van der Waals surface area contributed by atoms with E-state index >= 15 is 0 Å². The number of nitrogens with one attached hydrogen (secondary N) is 1. The first-order valence-corrected chi connectivity index (χ1v) is 6.37. The van der Waals surface area contributed by atoms with Gasteiger partial charge in [0.25, 0.3) is 5.88 Å². The molecule has 0 spiro atoms. The van der Waals surface area contributed by atoms with E-state index in [9.17, 15) is 4.39 Å². The quantitative estimate of drug-likeness (QED) is 0.849. The molecule has 2 rings (SSSR count). The number of rotatable bonds is 6. The second-order valence-electron chi connectivity index (χ2n) is 4.18. The van der Waals surface area contributed by atoms with Crippen LogP contribution in [-0.2, 0) is 6.61 Å². The molecular formula is C14H16FN3O2. The zero-order chi connectivity index (χ0) is 14.4. The summed E-state index contributed by atoms with van der Waals surface area (Å²) in [6, 6.07) is 6.76. The molecule has 0 aliphatic heterocycles. The Balaban J connectivity index is 2.18. The topological polar surface area (TPSA) is 67.3 Å². The van der Waals surface area contributed by atoms with Gasteiger partial charge in [-0.05, 0) is 24.1 Å². The van der Waals surface area contributed by atoms with Crippen LogP contribution in [0.2, 0.25) is 0 Å². The van der Waals surface area contributed by atoms with E-state index in [4.69, 9.17) is 9.84 Å². The SMILES string of the molecule is CCCNc1ncc(F)c(Oc2cccc(CO)c2)n1. The molecule has 2 aromatic rings. The van der Waals surface area contributed by atoms with Crippen LogP contribution < -0.4 is 10.1 Å². The minimum absolute atomic E-state index is 0.104. The van der Waals surface area contributed by atoms with Crippen LogP contribution in [0.5, 0.6) is 11.6 Å². The molecule has 0 bridgehead atoms. The lowest BCUT2D eigenvalue weighted by Gasteiger charge is -2.08. The molecule has 1 aromatic heterocycles. The number of aliphatic hydroxyl groups excluding tert-OH is 1. The molecule has 0 aliphatic carbocycles. The summed E-state index contributed by atoms with van der Waals surface area (Å²) in [7, 11) is 0. The first-order chi connectivity index (χ1) is 9.72. The molecule has 0 fully saturated rings. The van der Waals surface area contributed by atoms with Crippen molar-refractivity contribution >= 4 is 5.95 Å². The average molecular weight is 277 g/mol. The summed E-state index contributed by atoms with van der Waals surface area (Å²) in [6.07, 6.45) is 1.98. The summed E-state index contributed by atoms with van der Waals surface area (Å²) in [5.74, 6) is -0.0488. The Morgan fingerprint density at radius 1 is 1.40 bits per heavy atom. The minimum atomic E-state index is -0.638. The maximum Gasteiger partial charge on any atom is 0.260 e. The highest BCUT2D eigenvalue weighted by atomic mass is 19.1. The van der Waals surface area contributed by atoms with Crippen molar-refractivity contribution in [2.45, 2.75) is 20.0 Å². The number of anilines is 1. The normalized spacial score (nSPS) is 10.3. The summed E-state index contributed by atoms with van der Waals surface area (Å²) in [5, 5.41) is 12.0. The van der Waals surface area contributed by atoms with Gasteiger partial charge >= 0.3 is 0 Å². The summed E-state index contributed by atoms with van der Waals surface area (Å²) < 4.78 is 19.0. The molecule has 0 saturated carbocycles. The van der Waals surface area contributed by atoms with Crippen LogP contribution >= 0.6 is 0 Å². The van der Waals surface area contributed by atoms with Crippen LogP contribution in [0.1, 0.15) is 18.9 Å². The molecule has 0 amide bonds. The molecule has 5 nitrogen and oxygen atoms in total. The summed E-state index contributed by atoms with van der Waals surface area (Å²) in [6.45, 7) is 2.60. The van der Waals surface area contributed by atoms with Crippen LogP contribution in [0.15, 0.2) is 30.5 Å². The molecule has 0 saturated heterocycles. The van der Waals surface area contributed by atoms with Crippen LogP contribution in [0.4, 0.5) is 10.3 Å². The zero-order valence-corrected chi connectivity index (χ0v) is 11.1. The molecule has 106 valence electrons. The first-order valence-electron chi connectivity index (χ1n) is 6.37. The minimum Gasteiger partial charge on any atom is -0.436 e. The number of halogens is 1. The Bertz CT molecular complexity index is 578. The predicted octanol–water partition coefficient (Wildman–Crippen LogP) is 2.72. The van der Waals surface area contributed by atoms with Crippen molar-refractivity contribution < 1.29 is 14.2 Å². The van der Waals surface area contributed by atoms with E-state index in [-0.39, 0.29) is 12.5 Å². The number of aromatic nitrogens is 2. The molecule has 2 N–H and O–H groups in total. The number of aliphatic hydroxyl groups is 1. The van der Waals surface area contributed by atoms with Crippen LogP contribution in [0.25, 0.3) is 0 Å². The molecule has 0 unspecified atom stereocenters. The Morgan fingerprint density at radius 2 is 2.25 bits per heavy atom. The lowest BCUT2D eigenvalue weighted by Crippen LogP contribution is -2.05. The third kappa shape index (κ3) is 3.64. The van der Waals surface area contributed by atoms with Gasteiger partial charge in [0.15, 0.2) is 0 Å². The van der Waals surface area contributed by atoms with Crippen molar-refractivity contribution in [1.29, 1.82) is 0 Å². The van der Waals surface area contributed by atoms with Crippen molar-refractivity contribution in [1.82, 2.24) is 9.97 Å². The highest BCUT2D eigenvalue weighted by Crippen LogP contribution is 2.23. The molecule has 0 aliphatic rings. The van der Waals surface area contributed by atoms with E-state index in [1.807, 2.05) is 6.92 Å². The van der Waals surface area contributed by atoms with Crippen molar-refractivity contribution in [3.8, 4) is 11.6 Å². The van der Waals surface area contributed by atoms with E-state index < -0.39 is 5.82 Å². The third-order valence-corrected chi connectivity index (χ3v) is 2.54. The van der Waals surface area contributed by atoms with E-state index in [1.54, 1.807) is 24.3 Å². The maximum absolute atomic E-state index is 13.6. The standard InChI is InChI=1S/C14H16FN3O2/c1-2-6-16-14-17-8-12(15)13(18-14)20-11-5-3-4-10(7-11)9-19/h3-5,7-8,19H,2,6,9H2,1H3,(H,16,17,18). The van der Waals surface area contributed by atoms with Gasteiger partial charge in [-0.15, -0.1) is 0 Å². The van der Waals surface area contributed by atoms with E-state index in [2.05, 4.69) is 15.3 Å². The van der Waals surface area contributed by atoms with Gasteiger partial charge in [-0.25, -0.2) is 4.98 Å². The third-order valence-electron chi connectivity index (χ3n) is 2.54. The number of benzene rings is 1. The fourth-order valence-electron chi connectivity index (χ4n) is 1.56. The number of hydrogen-bond acceptors (Lipinski definition) is 5. The Morgan fingerprint density at radius 3 is 3.00 bits per heavy atom. The van der Waals surface area contributed by atoms with Gasteiger partial charge in [0.05, 0.1) is 12.8 Å². The smallest absolute Gasteiger partial charge is 0.260 e. The van der Waals surface area contributed by atoms with Crippen LogP contribution in [0.3, 0.4) is 0 Å². The maximum atomic E-state index is 13.6. The first kappa shape index (κ1) is 14.2. The Hall–Kier alpha value is -2.21. The molecular weight excluding hydrogens is 261 g/mol. The lowest BCUT2D eigenvalue weighted by molar-refractivity contribution is 0.281. The summed E-state index contributed by atoms with van der Waals surface area (Å²) >= 11 is 0. The van der Waals surface area contributed by atoms with Gasteiger partial charge in [0.1, 0.15) is 5.75 Å². The molecule has 1 heterocycles. The van der Waals surface area contributed by atoms with Gasteiger partial charge < -0.3 is 15.2 Å². The van der Waals surface area contributed by atoms with Gasteiger partial charge in [-0.2, -0.15) is 9.37 Å². The second kappa shape index (κ2) is 6.81. The second-order valence-corrected chi connectivity index (χ2v) is 4.18. The van der Waals surface area contributed by atoms with Crippen molar-refractivity contribution in [2.75, 3.05) is 11.9 Å². The molecule has 1 aromatic carbocycles. The Kier molecular flexibility index (Phi) is 4.84. The molecule has 0 atom stereocenters. The number of ether oxygens (including phenoxy) is 1. The van der Waals surface area contributed by atoms with E-state index in [1.165, 1.54) is 0 Å². The zero-order valence-electron chi connectivity index (χ0n) is 11.1. The summed E-state index contributed by atoms with van der Waals surface area (Å²) in [4.78, 5) is 7.81. The molecule has 20 heavy (non-hydrogen) atoms. The van der Waals surface area contributed by atoms with Crippen molar-refractivity contribution in [3.63, 3.8) is 0 Å². The Labute approximate surface area is 116 Å². The van der Waals surface area contributed by atoms with Crippen LogP contribution in [0, 0.1) is 5.82 Å². The van der Waals surface area contributed by atoms with E-state index in [0.29, 0.717) is 23.8 Å². The fraction of sp³-hybridized carbons (Fsp3) is 0.286. The van der Waals surface area contributed by atoms with E-state index in [0.717, 1.165) is 12.6 Å². The van der Waals surface area contributed by atoms with Gasteiger partial charge in [-0.1, -0.05) is 19.1 Å². The van der Waals surface area contributed by atoms with Crippen molar-refractivity contribution in [3.05, 3.63) is 41.8 Å². The monoisotopic (exact) mass is 277 g/mol. The predicted molar refractivity (Wildman–Crippen MR) is 73.2 cm³/mol. The average Bonchev–Trinajstić information content (AvgIpc) is 2.48. The summed E-state index contributed by atoms with van der Waals surface area (Å²) in [5.41, 5.74) is 0.682. The fourth-order valence-corrected chi connectivity index (χ4v) is 1.56. The number of nitrogens with zero attached hydrogens (tertiary/aromatic N) is 2. The van der Waals surface area contributed by atoms with Crippen LogP contribution in [-0.4, -0.2) is 21.6 Å². The van der Waals surface area contributed by atoms with Gasteiger partial charge in [0.2, 0.25) is 11.8 Å². The van der Waals surface area contributed by atoms with Gasteiger partial charge in [-0.3, -0.25) is 0 Å². The lowest BCUT2D eigenvalue weighted by atomic mass is 10.2. The largest absolute Gasteiger partial charge is 0.436 e. The highest BCUT2D eigenvalue weighted by Gasteiger charge is 2.09. The molecule has 0 radical (unpaired) electrons. The van der Waals surface area contributed by atoms with Crippen molar-refractivity contribution in [2.24, 2.45) is 0 Å². The molecule has 6 heteroatoms. The number of hydrogen-bond donors (Lipinski definition) is 2. The highest BCUT2D eigenvalue weighted by molar-refractivity contribution is 5.34.